The van der Waals surface area contributed by atoms with Crippen LogP contribution in [0.3, 0.4) is 0 Å². The van der Waals surface area contributed by atoms with Crippen LogP contribution in [0.4, 0.5) is 8.78 Å². The summed E-state index contributed by atoms with van der Waals surface area (Å²) in [6.07, 6.45) is 4.73. The first-order chi connectivity index (χ1) is 7.10. The van der Waals surface area contributed by atoms with Crippen LogP contribution in [-0.4, -0.2) is 11.0 Å². The summed E-state index contributed by atoms with van der Waals surface area (Å²) >= 11 is 0. The van der Waals surface area contributed by atoms with Crippen molar-refractivity contribution in [2.24, 2.45) is 5.73 Å². The fourth-order valence-electron chi connectivity index (χ4n) is 2.18. The Bertz CT molecular complexity index is 356. The van der Waals surface area contributed by atoms with Crippen LogP contribution in [0.5, 0.6) is 0 Å². The number of aromatic nitrogens is 1. The normalized spacial score (nSPS) is 31.5. The van der Waals surface area contributed by atoms with Crippen molar-refractivity contribution in [3.63, 3.8) is 0 Å². The maximum Gasteiger partial charge on any atom is 0.141 e. The molecule has 82 valence electrons. The lowest BCUT2D eigenvalue weighted by molar-refractivity contribution is 0.0939. The summed E-state index contributed by atoms with van der Waals surface area (Å²) in [5.74, 6) is -0.497. The SMILES string of the molecule is NC1CCCC(F)(c2cncc(F)c2)C1. The van der Waals surface area contributed by atoms with Gasteiger partial charge in [-0.15, -0.1) is 0 Å². The average Bonchev–Trinajstić information content (AvgIpc) is 2.17. The van der Waals surface area contributed by atoms with E-state index in [4.69, 9.17) is 5.73 Å². The summed E-state index contributed by atoms with van der Waals surface area (Å²) in [7, 11) is 0. The number of nitrogens with two attached hydrogens (primary N) is 1. The second kappa shape index (κ2) is 3.85. The number of alkyl halides is 1. The van der Waals surface area contributed by atoms with Gasteiger partial charge in [0, 0.05) is 24.2 Å². The van der Waals surface area contributed by atoms with Gasteiger partial charge in [-0.05, 0) is 25.3 Å². The largest absolute Gasteiger partial charge is 0.328 e. The first-order valence-corrected chi connectivity index (χ1v) is 5.16. The Morgan fingerprint density at radius 3 is 2.93 bits per heavy atom. The molecule has 1 fully saturated rings. The van der Waals surface area contributed by atoms with E-state index in [9.17, 15) is 8.78 Å². The maximum atomic E-state index is 14.4. The number of rotatable bonds is 1. The van der Waals surface area contributed by atoms with Gasteiger partial charge in [-0.2, -0.15) is 0 Å². The van der Waals surface area contributed by atoms with E-state index in [0.29, 0.717) is 12.0 Å². The molecule has 2 N–H and O–H groups in total. The Morgan fingerprint density at radius 1 is 1.47 bits per heavy atom. The van der Waals surface area contributed by atoms with Crippen molar-refractivity contribution in [2.45, 2.75) is 37.4 Å². The number of pyridine rings is 1. The molecule has 0 aromatic carbocycles. The molecule has 2 nitrogen and oxygen atoms in total. The number of nitrogens with zero attached hydrogens (tertiary/aromatic N) is 1. The second-order valence-electron chi connectivity index (χ2n) is 4.21. The maximum absolute atomic E-state index is 14.4. The van der Waals surface area contributed by atoms with Crippen molar-refractivity contribution in [3.05, 3.63) is 29.8 Å². The van der Waals surface area contributed by atoms with Crippen molar-refractivity contribution in [3.8, 4) is 0 Å². The molecule has 2 unspecified atom stereocenters. The molecule has 0 aliphatic heterocycles. The molecular formula is C11H14F2N2. The molecule has 0 saturated heterocycles. The zero-order valence-corrected chi connectivity index (χ0v) is 8.42. The van der Waals surface area contributed by atoms with Gasteiger partial charge < -0.3 is 5.73 Å². The van der Waals surface area contributed by atoms with Crippen molar-refractivity contribution in [2.75, 3.05) is 0 Å². The van der Waals surface area contributed by atoms with E-state index in [1.807, 2.05) is 0 Å². The van der Waals surface area contributed by atoms with Gasteiger partial charge in [-0.25, -0.2) is 8.78 Å². The Balaban J connectivity index is 2.28. The fourth-order valence-corrected chi connectivity index (χ4v) is 2.18. The average molecular weight is 212 g/mol. The summed E-state index contributed by atoms with van der Waals surface area (Å²) in [6, 6.07) is 1.08. The lowest BCUT2D eigenvalue weighted by Crippen LogP contribution is -2.36. The number of hydrogen-bond acceptors (Lipinski definition) is 2. The third kappa shape index (κ3) is 2.15. The molecule has 1 aromatic heterocycles. The van der Waals surface area contributed by atoms with Gasteiger partial charge in [-0.3, -0.25) is 4.98 Å². The van der Waals surface area contributed by atoms with Crippen molar-refractivity contribution in [1.29, 1.82) is 0 Å². The molecule has 15 heavy (non-hydrogen) atoms. The van der Waals surface area contributed by atoms with Crippen LogP contribution >= 0.6 is 0 Å². The molecule has 0 radical (unpaired) electrons. The minimum absolute atomic E-state index is 0.132. The Morgan fingerprint density at radius 2 is 2.27 bits per heavy atom. The van der Waals surface area contributed by atoms with E-state index in [-0.39, 0.29) is 12.5 Å². The molecule has 1 aliphatic carbocycles. The fraction of sp³-hybridized carbons (Fsp3) is 0.545. The highest BCUT2D eigenvalue weighted by Crippen LogP contribution is 2.40. The van der Waals surface area contributed by atoms with Crippen LogP contribution in [-0.2, 0) is 5.67 Å². The Labute approximate surface area is 87.5 Å². The van der Waals surface area contributed by atoms with Crippen LogP contribution in [0.1, 0.15) is 31.2 Å². The molecule has 1 aliphatic rings. The summed E-state index contributed by atoms with van der Waals surface area (Å²) in [5.41, 5.74) is 4.56. The van der Waals surface area contributed by atoms with Gasteiger partial charge in [0.15, 0.2) is 0 Å². The van der Waals surface area contributed by atoms with Crippen LogP contribution < -0.4 is 5.73 Å². The van der Waals surface area contributed by atoms with Gasteiger partial charge >= 0.3 is 0 Å². The zero-order valence-electron chi connectivity index (χ0n) is 8.42. The third-order valence-electron chi connectivity index (χ3n) is 2.96. The molecule has 1 saturated carbocycles. The number of halogens is 2. The zero-order chi connectivity index (χ0) is 10.9. The standard InChI is InChI=1S/C11H14F2N2/c12-9-4-8(6-15-7-9)11(13)3-1-2-10(14)5-11/h4,6-7,10H,1-3,5,14H2. The van der Waals surface area contributed by atoms with Crippen molar-refractivity contribution < 1.29 is 8.78 Å². The summed E-state index contributed by atoms with van der Waals surface area (Å²) in [5, 5.41) is 0. The predicted molar refractivity (Wildman–Crippen MR) is 53.4 cm³/mol. The van der Waals surface area contributed by atoms with Crippen LogP contribution in [0, 0.1) is 5.82 Å². The molecule has 0 amide bonds. The first-order valence-electron chi connectivity index (χ1n) is 5.16. The van der Waals surface area contributed by atoms with Gasteiger partial charge in [0.1, 0.15) is 11.5 Å². The monoisotopic (exact) mass is 212 g/mol. The molecule has 2 atom stereocenters. The van der Waals surface area contributed by atoms with Gasteiger partial charge in [-0.1, -0.05) is 0 Å². The van der Waals surface area contributed by atoms with Gasteiger partial charge in [0.2, 0.25) is 0 Å². The quantitative estimate of drug-likeness (QED) is 0.775. The van der Waals surface area contributed by atoms with E-state index in [1.165, 1.54) is 12.3 Å². The van der Waals surface area contributed by atoms with E-state index in [1.54, 1.807) is 0 Å². The Kier molecular flexibility index (Phi) is 2.69. The second-order valence-corrected chi connectivity index (χ2v) is 4.21. The number of hydrogen-bond donors (Lipinski definition) is 1. The van der Waals surface area contributed by atoms with E-state index in [2.05, 4.69) is 4.98 Å². The molecule has 1 aromatic rings. The van der Waals surface area contributed by atoms with Gasteiger partial charge in [0.05, 0.1) is 6.20 Å². The van der Waals surface area contributed by atoms with E-state index < -0.39 is 11.5 Å². The molecule has 1 heterocycles. The molecular weight excluding hydrogens is 198 g/mol. The lowest BCUT2D eigenvalue weighted by Gasteiger charge is -2.33. The minimum Gasteiger partial charge on any atom is -0.328 e. The van der Waals surface area contributed by atoms with Crippen LogP contribution in [0.15, 0.2) is 18.5 Å². The van der Waals surface area contributed by atoms with E-state index >= 15 is 0 Å². The summed E-state index contributed by atoms with van der Waals surface area (Å²) in [6.45, 7) is 0. The lowest BCUT2D eigenvalue weighted by atomic mass is 9.79. The highest BCUT2D eigenvalue weighted by molar-refractivity contribution is 5.20. The van der Waals surface area contributed by atoms with Crippen LogP contribution in [0.2, 0.25) is 0 Å². The third-order valence-corrected chi connectivity index (χ3v) is 2.96. The first kappa shape index (κ1) is 10.5. The molecule has 2 rings (SSSR count). The summed E-state index contributed by atoms with van der Waals surface area (Å²) in [4.78, 5) is 3.67. The minimum atomic E-state index is -1.49. The highest BCUT2D eigenvalue weighted by Gasteiger charge is 2.37. The highest BCUT2D eigenvalue weighted by atomic mass is 19.1. The van der Waals surface area contributed by atoms with Crippen molar-refractivity contribution in [1.82, 2.24) is 4.98 Å². The van der Waals surface area contributed by atoms with E-state index in [0.717, 1.165) is 19.0 Å². The molecule has 4 heteroatoms. The molecule has 0 spiro atoms. The van der Waals surface area contributed by atoms with Crippen LogP contribution in [0.25, 0.3) is 0 Å². The Hall–Kier alpha value is -1.03. The molecule has 0 bridgehead atoms. The smallest absolute Gasteiger partial charge is 0.141 e. The predicted octanol–water partition coefficient (Wildman–Crippen LogP) is 2.29. The van der Waals surface area contributed by atoms with Gasteiger partial charge in [0.25, 0.3) is 0 Å². The summed E-state index contributed by atoms with van der Waals surface area (Å²) < 4.78 is 27.4. The topological polar surface area (TPSA) is 38.9 Å². The van der Waals surface area contributed by atoms with Crippen molar-refractivity contribution >= 4 is 0 Å².